The van der Waals surface area contributed by atoms with Gasteiger partial charge in [0, 0.05) is 6.92 Å². The summed E-state index contributed by atoms with van der Waals surface area (Å²) < 4.78 is 5.10. The van der Waals surface area contributed by atoms with Crippen molar-refractivity contribution in [3.05, 3.63) is 0 Å². The molecule has 1 fully saturated rings. The van der Waals surface area contributed by atoms with Crippen molar-refractivity contribution in [3.63, 3.8) is 0 Å². The van der Waals surface area contributed by atoms with Gasteiger partial charge in [-0.3, -0.25) is 4.79 Å². The highest BCUT2D eigenvalue weighted by Gasteiger charge is 2.43. The van der Waals surface area contributed by atoms with Gasteiger partial charge in [-0.15, -0.1) is 0 Å². The van der Waals surface area contributed by atoms with Crippen LogP contribution in [-0.4, -0.2) is 12.6 Å². The first kappa shape index (κ1) is 11.5. The topological polar surface area (TPSA) is 26.3 Å². The van der Waals surface area contributed by atoms with Crippen molar-refractivity contribution >= 4 is 5.97 Å². The molecule has 0 aliphatic heterocycles. The van der Waals surface area contributed by atoms with Crippen molar-refractivity contribution in [2.24, 2.45) is 23.2 Å². The van der Waals surface area contributed by atoms with Crippen LogP contribution in [0.15, 0.2) is 0 Å². The van der Waals surface area contributed by atoms with Crippen LogP contribution >= 0.6 is 0 Å². The minimum atomic E-state index is -0.158. The molecule has 0 unspecified atom stereocenters. The summed E-state index contributed by atoms with van der Waals surface area (Å²) in [5, 5.41) is 0. The molecule has 0 aromatic carbocycles. The van der Waals surface area contributed by atoms with Crippen LogP contribution in [0.1, 0.15) is 41.0 Å². The fourth-order valence-corrected chi connectivity index (χ4v) is 2.60. The van der Waals surface area contributed by atoms with Crippen LogP contribution in [0, 0.1) is 23.2 Å². The van der Waals surface area contributed by atoms with Crippen molar-refractivity contribution in [2.45, 2.75) is 41.0 Å². The van der Waals surface area contributed by atoms with Crippen LogP contribution in [-0.2, 0) is 9.53 Å². The molecule has 14 heavy (non-hydrogen) atoms. The lowest BCUT2D eigenvalue weighted by molar-refractivity contribution is -0.142. The molecular formula is C12H22O2. The van der Waals surface area contributed by atoms with Gasteiger partial charge in [0.15, 0.2) is 0 Å². The summed E-state index contributed by atoms with van der Waals surface area (Å²) in [6, 6.07) is 0. The quantitative estimate of drug-likeness (QED) is 0.638. The molecule has 82 valence electrons. The number of ether oxygens (including phenoxy) is 1. The Hall–Kier alpha value is -0.530. The van der Waals surface area contributed by atoms with Crippen molar-refractivity contribution in [1.29, 1.82) is 0 Å². The van der Waals surface area contributed by atoms with Crippen LogP contribution < -0.4 is 0 Å². The summed E-state index contributed by atoms with van der Waals surface area (Å²) in [4.78, 5) is 10.7. The van der Waals surface area contributed by atoms with Crippen LogP contribution in [0.2, 0.25) is 0 Å². The minimum absolute atomic E-state index is 0.158. The fourth-order valence-electron chi connectivity index (χ4n) is 2.60. The van der Waals surface area contributed by atoms with E-state index < -0.39 is 0 Å². The SMILES string of the molecule is CC(=O)OC[C@@H]1CC(C)(C)[C@H](C)[C@@H]1C. The van der Waals surface area contributed by atoms with E-state index in [0.717, 1.165) is 0 Å². The Morgan fingerprint density at radius 1 is 1.43 bits per heavy atom. The predicted molar refractivity (Wildman–Crippen MR) is 56.8 cm³/mol. The molecule has 0 N–H and O–H groups in total. The number of rotatable bonds is 2. The molecule has 0 bridgehead atoms. The Bertz CT molecular complexity index is 220. The average molecular weight is 198 g/mol. The van der Waals surface area contributed by atoms with Crippen molar-refractivity contribution in [2.75, 3.05) is 6.61 Å². The molecular weight excluding hydrogens is 176 g/mol. The van der Waals surface area contributed by atoms with Crippen molar-refractivity contribution < 1.29 is 9.53 Å². The number of carbonyl (C=O) groups excluding carboxylic acids is 1. The molecule has 1 aliphatic rings. The number of hydrogen-bond acceptors (Lipinski definition) is 2. The lowest BCUT2D eigenvalue weighted by Gasteiger charge is -2.25. The summed E-state index contributed by atoms with van der Waals surface area (Å²) in [6.45, 7) is 11.3. The first-order chi connectivity index (χ1) is 6.34. The largest absolute Gasteiger partial charge is 0.466 e. The van der Waals surface area contributed by atoms with E-state index in [2.05, 4.69) is 27.7 Å². The summed E-state index contributed by atoms with van der Waals surface area (Å²) in [5.74, 6) is 1.76. The average Bonchev–Trinajstić information content (AvgIpc) is 2.26. The van der Waals surface area contributed by atoms with Gasteiger partial charge in [0.25, 0.3) is 0 Å². The Morgan fingerprint density at radius 2 is 2.00 bits per heavy atom. The van der Waals surface area contributed by atoms with E-state index in [1.165, 1.54) is 13.3 Å². The van der Waals surface area contributed by atoms with E-state index >= 15 is 0 Å². The molecule has 0 radical (unpaired) electrons. The summed E-state index contributed by atoms with van der Waals surface area (Å²) >= 11 is 0. The van der Waals surface area contributed by atoms with E-state index in [-0.39, 0.29) is 5.97 Å². The van der Waals surface area contributed by atoms with E-state index in [4.69, 9.17) is 4.74 Å². The first-order valence-electron chi connectivity index (χ1n) is 5.48. The Labute approximate surface area is 87.0 Å². The standard InChI is InChI=1S/C12H22O2/c1-8-9(2)12(4,5)6-11(8)7-14-10(3)13/h8-9,11H,6-7H2,1-5H3/t8-,9+,11-/m0/s1. The number of hydrogen-bond donors (Lipinski definition) is 0. The number of carbonyl (C=O) groups is 1. The fraction of sp³-hybridized carbons (Fsp3) is 0.917. The summed E-state index contributed by atoms with van der Waals surface area (Å²) in [6.07, 6.45) is 1.17. The first-order valence-corrected chi connectivity index (χ1v) is 5.48. The number of esters is 1. The molecule has 1 saturated carbocycles. The van der Waals surface area contributed by atoms with Crippen molar-refractivity contribution in [1.82, 2.24) is 0 Å². The highest BCUT2D eigenvalue weighted by atomic mass is 16.5. The van der Waals surface area contributed by atoms with Gasteiger partial charge in [0.1, 0.15) is 0 Å². The maximum absolute atomic E-state index is 10.7. The van der Waals surface area contributed by atoms with E-state index in [0.29, 0.717) is 29.8 Å². The predicted octanol–water partition coefficient (Wildman–Crippen LogP) is 2.87. The molecule has 3 atom stereocenters. The zero-order chi connectivity index (χ0) is 10.9. The third kappa shape index (κ3) is 2.28. The highest BCUT2D eigenvalue weighted by molar-refractivity contribution is 5.65. The highest BCUT2D eigenvalue weighted by Crippen LogP contribution is 2.49. The van der Waals surface area contributed by atoms with E-state index in [9.17, 15) is 4.79 Å². The molecule has 0 aromatic rings. The maximum Gasteiger partial charge on any atom is 0.302 e. The van der Waals surface area contributed by atoms with Crippen LogP contribution in [0.3, 0.4) is 0 Å². The van der Waals surface area contributed by atoms with Gasteiger partial charge < -0.3 is 4.74 Å². The third-order valence-electron chi connectivity index (χ3n) is 4.05. The van der Waals surface area contributed by atoms with E-state index in [1.807, 2.05) is 0 Å². The molecule has 0 amide bonds. The van der Waals surface area contributed by atoms with Gasteiger partial charge in [0.05, 0.1) is 6.61 Å². The molecule has 1 aliphatic carbocycles. The normalized spacial score (nSPS) is 35.6. The summed E-state index contributed by atoms with van der Waals surface area (Å²) in [5.41, 5.74) is 0.393. The molecule has 1 rings (SSSR count). The Kier molecular flexibility index (Phi) is 3.23. The van der Waals surface area contributed by atoms with Gasteiger partial charge in [-0.1, -0.05) is 27.7 Å². The van der Waals surface area contributed by atoms with Crippen LogP contribution in [0.5, 0.6) is 0 Å². The van der Waals surface area contributed by atoms with Gasteiger partial charge in [-0.05, 0) is 29.6 Å². The lowest BCUT2D eigenvalue weighted by atomic mass is 9.81. The second-order valence-electron chi connectivity index (χ2n) is 5.40. The smallest absolute Gasteiger partial charge is 0.302 e. The van der Waals surface area contributed by atoms with Gasteiger partial charge in [-0.25, -0.2) is 0 Å². The van der Waals surface area contributed by atoms with Crippen LogP contribution in [0.4, 0.5) is 0 Å². The maximum atomic E-state index is 10.7. The Morgan fingerprint density at radius 3 is 2.36 bits per heavy atom. The van der Waals surface area contributed by atoms with Gasteiger partial charge >= 0.3 is 5.97 Å². The molecule has 0 spiro atoms. The lowest BCUT2D eigenvalue weighted by Crippen LogP contribution is -2.18. The molecule has 2 nitrogen and oxygen atoms in total. The second-order valence-corrected chi connectivity index (χ2v) is 5.40. The van der Waals surface area contributed by atoms with Gasteiger partial charge in [-0.2, -0.15) is 0 Å². The zero-order valence-corrected chi connectivity index (χ0v) is 9.96. The van der Waals surface area contributed by atoms with E-state index in [1.54, 1.807) is 0 Å². The second kappa shape index (κ2) is 3.92. The molecule has 0 aromatic heterocycles. The van der Waals surface area contributed by atoms with Gasteiger partial charge in [0.2, 0.25) is 0 Å². The molecule has 0 heterocycles. The molecule has 2 heteroatoms. The third-order valence-corrected chi connectivity index (χ3v) is 4.05. The monoisotopic (exact) mass is 198 g/mol. The van der Waals surface area contributed by atoms with Crippen LogP contribution in [0.25, 0.3) is 0 Å². The Balaban J connectivity index is 2.53. The summed E-state index contributed by atoms with van der Waals surface area (Å²) in [7, 11) is 0. The zero-order valence-electron chi connectivity index (χ0n) is 9.96. The minimum Gasteiger partial charge on any atom is -0.466 e. The van der Waals surface area contributed by atoms with Crippen molar-refractivity contribution in [3.8, 4) is 0 Å². The molecule has 0 saturated heterocycles.